The molecule has 0 radical (unpaired) electrons. The summed E-state index contributed by atoms with van der Waals surface area (Å²) < 4.78 is 0. The topological polar surface area (TPSA) is 25.8 Å². The second kappa shape index (κ2) is 12.3. The van der Waals surface area contributed by atoms with Gasteiger partial charge in [0, 0.05) is 16.7 Å². The number of aromatic nitrogens is 2. The van der Waals surface area contributed by atoms with Gasteiger partial charge in [-0.2, -0.15) is 0 Å². The average Bonchev–Trinajstić information content (AvgIpc) is 3.78. The Morgan fingerprint density at radius 1 is 0.298 bits per heavy atom. The fourth-order valence-corrected chi connectivity index (χ4v) is 10.0. The highest BCUT2D eigenvalue weighted by molar-refractivity contribution is 6.20. The van der Waals surface area contributed by atoms with E-state index in [0.29, 0.717) is 0 Å². The molecule has 0 amide bonds. The molecule has 1 atom stereocenters. The summed E-state index contributed by atoms with van der Waals surface area (Å²) in [6, 6.07) is 74.8. The predicted octanol–water partition coefficient (Wildman–Crippen LogP) is 13.8. The summed E-state index contributed by atoms with van der Waals surface area (Å²) in [5.41, 5.74) is 17.0. The first-order valence-electron chi connectivity index (χ1n) is 19.7. The van der Waals surface area contributed by atoms with Crippen LogP contribution >= 0.6 is 0 Å². The molecule has 1 aromatic heterocycles. The van der Waals surface area contributed by atoms with Gasteiger partial charge in [-0.25, -0.2) is 9.97 Å². The Morgan fingerprint density at radius 3 is 1.49 bits per heavy atom. The SMILES string of the molecule is c1ccc(-c2cccc(-c3cc(-c4ccccc4)nc(-c4cccc5c4-c4ccccc4C54c5ccccc5-c5c4c4ccccc4c4ccccc54)n3)c2)cc1. The largest absolute Gasteiger partial charge is 0.228 e. The minimum Gasteiger partial charge on any atom is -0.228 e. The van der Waals surface area contributed by atoms with Gasteiger partial charge in [0.25, 0.3) is 0 Å². The molecule has 264 valence electrons. The highest BCUT2D eigenvalue weighted by atomic mass is 14.9. The van der Waals surface area contributed by atoms with E-state index in [2.05, 4.69) is 206 Å². The van der Waals surface area contributed by atoms with Crippen molar-refractivity contribution in [3.63, 3.8) is 0 Å². The smallest absolute Gasteiger partial charge is 0.161 e. The Labute approximate surface area is 331 Å². The molecule has 1 unspecified atom stereocenters. The standard InChI is InChI=1S/C55H34N2/c1-3-17-35(18-4-1)37-21-15-22-38(33-37)50-34-49(36-19-5-2-6-20-36)56-54(57-50)45-29-16-32-48-51(45)43-27-11-13-30-46(43)55(48)47-31-14-12-28-44(47)52-41-25-9-7-23-39(41)40-24-8-10-26-42(40)53(52)55/h1-34H. The quantitative estimate of drug-likeness (QED) is 0.169. The molecule has 2 nitrogen and oxygen atoms in total. The predicted molar refractivity (Wildman–Crippen MR) is 235 cm³/mol. The third-order valence-corrected chi connectivity index (χ3v) is 12.3. The zero-order valence-electron chi connectivity index (χ0n) is 31.0. The number of nitrogens with zero attached hydrogens (tertiary/aromatic N) is 2. The van der Waals surface area contributed by atoms with Crippen molar-refractivity contribution in [2.75, 3.05) is 0 Å². The first-order valence-corrected chi connectivity index (χ1v) is 19.7. The lowest BCUT2D eigenvalue weighted by atomic mass is 9.69. The van der Waals surface area contributed by atoms with E-state index in [9.17, 15) is 0 Å². The van der Waals surface area contributed by atoms with E-state index in [0.717, 1.165) is 39.5 Å². The summed E-state index contributed by atoms with van der Waals surface area (Å²) in [5.74, 6) is 0.718. The van der Waals surface area contributed by atoms with Crippen LogP contribution < -0.4 is 0 Å². The van der Waals surface area contributed by atoms with Crippen LogP contribution in [0.1, 0.15) is 22.3 Å². The van der Waals surface area contributed by atoms with E-state index >= 15 is 0 Å². The van der Waals surface area contributed by atoms with Crippen LogP contribution in [-0.2, 0) is 5.41 Å². The summed E-state index contributed by atoms with van der Waals surface area (Å²) in [6.07, 6.45) is 0. The minimum absolute atomic E-state index is 0.540. The molecule has 1 heterocycles. The molecular weight excluding hydrogens is 689 g/mol. The van der Waals surface area contributed by atoms with Crippen LogP contribution in [-0.4, -0.2) is 9.97 Å². The molecule has 2 heteroatoms. The molecule has 12 rings (SSSR count). The van der Waals surface area contributed by atoms with Gasteiger partial charge in [-0.15, -0.1) is 0 Å². The number of fused-ring (bicyclic) bond motifs is 15. The Bertz CT molecular complexity index is 3240. The number of benzene rings is 9. The molecule has 1 spiro atoms. The van der Waals surface area contributed by atoms with Gasteiger partial charge >= 0.3 is 0 Å². The highest BCUT2D eigenvalue weighted by Crippen LogP contribution is 2.66. The maximum atomic E-state index is 5.47. The van der Waals surface area contributed by atoms with Crippen LogP contribution in [0.2, 0.25) is 0 Å². The number of rotatable bonds is 4. The maximum absolute atomic E-state index is 5.47. The summed E-state index contributed by atoms with van der Waals surface area (Å²) in [4.78, 5) is 10.9. The second-order valence-corrected chi connectivity index (χ2v) is 15.2. The van der Waals surface area contributed by atoms with Crippen molar-refractivity contribution < 1.29 is 0 Å². The van der Waals surface area contributed by atoms with E-state index in [-0.39, 0.29) is 0 Å². The number of hydrogen-bond donors (Lipinski definition) is 0. The molecule has 10 aromatic rings. The Balaban J connectivity index is 1.17. The first kappa shape index (κ1) is 31.9. The molecular formula is C55H34N2. The van der Waals surface area contributed by atoms with Crippen molar-refractivity contribution >= 4 is 21.5 Å². The van der Waals surface area contributed by atoms with E-state index in [1.807, 2.05) is 0 Å². The first-order chi connectivity index (χ1) is 28.3. The molecule has 2 aliphatic carbocycles. The van der Waals surface area contributed by atoms with E-state index in [1.54, 1.807) is 0 Å². The van der Waals surface area contributed by atoms with Crippen molar-refractivity contribution in [1.82, 2.24) is 9.97 Å². The third-order valence-electron chi connectivity index (χ3n) is 12.3. The van der Waals surface area contributed by atoms with Gasteiger partial charge in [-0.05, 0) is 89.3 Å². The summed E-state index contributed by atoms with van der Waals surface area (Å²) in [7, 11) is 0. The van der Waals surface area contributed by atoms with Crippen molar-refractivity contribution in [2.24, 2.45) is 0 Å². The van der Waals surface area contributed by atoms with Crippen LogP contribution in [0, 0.1) is 0 Å². The van der Waals surface area contributed by atoms with Crippen LogP contribution in [0.5, 0.6) is 0 Å². The molecule has 0 N–H and O–H groups in total. The average molecular weight is 723 g/mol. The molecule has 0 saturated heterocycles. The normalized spacial score (nSPS) is 14.7. The lowest BCUT2D eigenvalue weighted by Gasteiger charge is -2.32. The zero-order chi connectivity index (χ0) is 37.5. The van der Waals surface area contributed by atoms with E-state index in [4.69, 9.17) is 9.97 Å². The van der Waals surface area contributed by atoms with Crippen molar-refractivity contribution in [3.8, 4) is 67.3 Å². The van der Waals surface area contributed by atoms with Gasteiger partial charge in [0.1, 0.15) is 0 Å². The number of hydrogen-bond acceptors (Lipinski definition) is 2. The molecule has 0 fully saturated rings. The molecule has 0 aliphatic heterocycles. The van der Waals surface area contributed by atoms with Gasteiger partial charge < -0.3 is 0 Å². The highest BCUT2D eigenvalue weighted by Gasteiger charge is 2.53. The van der Waals surface area contributed by atoms with Gasteiger partial charge in [-0.3, -0.25) is 0 Å². The molecule has 0 bridgehead atoms. The molecule has 0 saturated carbocycles. The van der Waals surface area contributed by atoms with E-state index in [1.165, 1.54) is 71.6 Å². The molecule has 57 heavy (non-hydrogen) atoms. The van der Waals surface area contributed by atoms with Crippen LogP contribution in [0.4, 0.5) is 0 Å². The second-order valence-electron chi connectivity index (χ2n) is 15.2. The van der Waals surface area contributed by atoms with Crippen LogP contribution in [0.15, 0.2) is 206 Å². The third kappa shape index (κ3) is 4.53. The van der Waals surface area contributed by atoms with Crippen LogP contribution in [0.25, 0.3) is 88.8 Å². The fraction of sp³-hybridized carbons (Fsp3) is 0.0182. The van der Waals surface area contributed by atoms with Crippen LogP contribution in [0.3, 0.4) is 0 Å². The maximum Gasteiger partial charge on any atom is 0.161 e. The minimum atomic E-state index is -0.540. The van der Waals surface area contributed by atoms with Gasteiger partial charge in [0.15, 0.2) is 5.82 Å². The van der Waals surface area contributed by atoms with Gasteiger partial charge in [0.05, 0.1) is 16.8 Å². The zero-order valence-corrected chi connectivity index (χ0v) is 31.0. The van der Waals surface area contributed by atoms with Gasteiger partial charge in [-0.1, -0.05) is 194 Å². The lowest BCUT2D eigenvalue weighted by Crippen LogP contribution is -2.26. The molecule has 9 aromatic carbocycles. The summed E-state index contributed by atoms with van der Waals surface area (Å²) in [5, 5.41) is 5.15. The molecule has 2 aliphatic rings. The summed E-state index contributed by atoms with van der Waals surface area (Å²) >= 11 is 0. The van der Waals surface area contributed by atoms with Crippen molar-refractivity contribution in [1.29, 1.82) is 0 Å². The summed E-state index contributed by atoms with van der Waals surface area (Å²) in [6.45, 7) is 0. The Hall–Kier alpha value is -7.42. The van der Waals surface area contributed by atoms with E-state index < -0.39 is 5.41 Å². The van der Waals surface area contributed by atoms with Crippen molar-refractivity contribution in [2.45, 2.75) is 5.41 Å². The van der Waals surface area contributed by atoms with Crippen molar-refractivity contribution in [3.05, 3.63) is 229 Å². The Kier molecular flexibility index (Phi) is 6.88. The fourth-order valence-electron chi connectivity index (χ4n) is 10.0. The monoisotopic (exact) mass is 722 g/mol. The van der Waals surface area contributed by atoms with Gasteiger partial charge in [0.2, 0.25) is 0 Å². The Morgan fingerprint density at radius 2 is 0.772 bits per heavy atom. The lowest BCUT2D eigenvalue weighted by molar-refractivity contribution is 0.802.